The van der Waals surface area contributed by atoms with E-state index in [2.05, 4.69) is 4.74 Å². The van der Waals surface area contributed by atoms with Gasteiger partial charge in [0.15, 0.2) is 0 Å². The summed E-state index contributed by atoms with van der Waals surface area (Å²) >= 11 is 11.2. The molecule has 1 rings (SSSR count). The number of nitro groups is 1. The normalized spacial score (nSPS) is 13.4. The van der Waals surface area contributed by atoms with Crippen LogP contribution >= 0.6 is 23.2 Å². The lowest BCUT2D eigenvalue weighted by molar-refractivity contribution is -0.511. The third-order valence-electron chi connectivity index (χ3n) is 2.20. The van der Waals surface area contributed by atoms with Crippen LogP contribution in [-0.2, 0) is 9.53 Å². The number of carbonyl (C=O) groups is 2. The molecule has 0 amide bonds. The first-order chi connectivity index (χ1) is 8.83. The maximum Gasteiger partial charge on any atom is 0.452 e. The highest BCUT2D eigenvalue weighted by Crippen LogP contribution is 2.25. The van der Waals surface area contributed by atoms with Gasteiger partial charge in [0.05, 0.1) is 11.5 Å². The minimum Gasteiger partial charge on any atom is -0.459 e. The number of benzene rings is 1. The number of hydrogen-bond donors (Lipinski definition) is 0. The van der Waals surface area contributed by atoms with Crippen LogP contribution in [0.4, 0.5) is 0 Å². The summed E-state index contributed by atoms with van der Waals surface area (Å²) in [5.74, 6) is -2.59. The Balaban J connectivity index is 3.19. The van der Waals surface area contributed by atoms with Gasteiger partial charge in [-0.2, -0.15) is 0 Å². The number of ketones is 1. The second-order valence-electron chi connectivity index (χ2n) is 3.44. The number of esters is 1. The lowest BCUT2D eigenvalue weighted by atomic mass is 10.0. The van der Waals surface area contributed by atoms with Crippen LogP contribution in [0.25, 0.3) is 0 Å². The van der Waals surface area contributed by atoms with E-state index in [9.17, 15) is 19.7 Å². The van der Waals surface area contributed by atoms with E-state index in [1.165, 1.54) is 31.2 Å². The quantitative estimate of drug-likeness (QED) is 0.158. The highest BCUT2D eigenvalue weighted by atomic mass is 35.5. The number of hydrogen-bond acceptors (Lipinski definition) is 5. The van der Waals surface area contributed by atoms with E-state index in [-0.39, 0.29) is 12.2 Å². The first-order valence-corrected chi connectivity index (χ1v) is 5.90. The molecule has 102 valence electrons. The van der Waals surface area contributed by atoms with Gasteiger partial charge in [-0.1, -0.05) is 11.6 Å². The van der Waals surface area contributed by atoms with Crippen molar-refractivity contribution in [3.8, 4) is 0 Å². The van der Waals surface area contributed by atoms with E-state index < -0.39 is 21.7 Å². The fraction of sp³-hybridized carbons (Fsp3) is 0.273. The van der Waals surface area contributed by atoms with Crippen LogP contribution < -0.4 is 0 Å². The average molecular weight is 306 g/mol. The number of halogens is 2. The fourth-order valence-corrected chi connectivity index (χ4v) is 1.56. The largest absolute Gasteiger partial charge is 0.459 e. The number of Topliss-reactive ketones (excluding diaryl/α,β-unsaturated/α-hetero) is 1. The van der Waals surface area contributed by atoms with E-state index in [4.69, 9.17) is 23.2 Å². The van der Waals surface area contributed by atoms with Gasteiger partial charge in [-0.25, -0.2) is 4.79 Å². The second-order valence-corrected chi connectivity index (χ2v) is 4.42. The smallest absolute Gasteiger partial charge is 0.452 e. The van der Waals surface area contributed by atoms with Crippen molar-refractivity contribution in [3.63, 3.8) is 0 Å². The zero-order valence-corrected chi connectivity index (χ0v) is 11.3. The summed E-state index contributed by atoms with van der Waals surface area (Å²) in [7, 11) is 0. The van der Waals surface area contributed by atoms with Crippen molar-refractivity contribution >= 4 is 35.0 Å². The molecule has 0 fully saturated rings. The van der Waals surface area contributed by atoms with Crippen LogP contribution in [0.2, 0.25) is 5.02 Å². The molecule has 19 heavy (non-hydrogen) atoms. The molecule has 0 aliphatic heterocycles. The maximum atomic E-state index is 12.0. The monoisotopic (exact) mass is 305 g/mol. The van der Waals surface area contributed by atoms with Crippen LogP contribution in [-0.4, -0.2) is 28.3 Å². The standard InChI is InChI=1S/C11H9Cl2NO5/c1-2-19-10(16)11(13,14(17)18)9(15)7-3-5-8(12)6-4-7/h3-6H,2H2,1H3. The number of nitrogens with zero attached hydrogens (tertiary/aromatic N) is 1. The van der Waals surface area contributed by atoms with E-state index in [0.29, 0.717) is 5.02 Å². The molecule has 0 saturated carbocycles. The number of carbonyl (C=O) groups excluding carboxylic acids is 2. The molecule has 0 aliphatic rings. The summed E-state index contributed by atoms with van der Waals surface area (Å²) in [6, 6.07) is 5.20. The Bertz CT molecular complexity index is 516. The molecule has 0 aliphatic carbocycles. The van der Waals surface area contributed by atoms with Gasteiger partial charge in [-0.15, -0.1) is 0 Å². The number of alkyl halides is 1. The van der Waals surface area contributed by atoms with Crippen molar-refractivity contribution in [1.82, 2.24) is 0 Å². The van der Waals surface area contributed by atoms with E-state index >= 15 is 0 Å². The van der Waals surface area contributed by atoms with Crippen LogP contribution in [0.15, 0.2) is 24.3 Å². The van der Waals surface area contributed by atoms with Crippen LogP contribution in [0, 0.1) is 10.1 Å². The molecule has 0 aromatic heterocycles. The topological polar surface area (TPSA) is 86.5 Å². The molecule has 0 spiro atoms. The lowest BCUT2D eigenvalue weighted by Gasteiger charge is -2.15. The zero-order valence-electron chi connectivity index (χ0n) is 9.76. The summed E-state index contributed by atoms with van der Waals surface area (Å²) in [5.41, 5.74) is -0.107. The summed E-state index contributed by atoms with van der Waals surface area (Å²) in [5, 5.41) is 11.3. The lowest BCUT2D eigenvalue weighted by Crippen LogP contribution is -2.49. The maximum absolute atomic E-state index is 12.0. The highest BCUT2D eigenvalue weighted by molar-refractivity contribution is 6.46. The third-order valence-corrected chi connectivity index (χ3v) is 2.92. The van der Waals surface area contributed by atoms with Crippen molar-refractivity contribution in [2.45, 2.75) is 11.9 Å². The minimum atomic E-state index is -2.98. The second kappa shape index (κ2) is 5.99. The van der Waals surface area contributed by atoms with E-state index in [1.54, 1.807) is 0 Å². The first-order valence-electron chi connectivity index (χ1n) is 5.15. The Morgan fingerprint density at radius 2 is 1.89 bits per heavy atom. The molecule has 0 N–H and O–H groups in total. The molecule has 0 bridgehead atoms. The van der Waals surface area contributed by atoms with E-state index in [0.717, 1.165) is 0 Å². The number of ether oxygens (including phenoxy) is 1. The van der Waals surface area contributed by atoms with Crippen molar-refractivity contribution < 1.29 is 19.2 Å². The molecule has 1 unspecified atom stereocenters. The van der Waals surface area contributed by atoms with Crippen LogP contribution in [0.3, 0.4) is 0 Å². The number of rotatable bonds is 5. The van der Waals surface area contributed by atoms with Gasteiger partial charge in [0.2, 0.25) is 0 Å². The Labute approximate surface area is 118 Å². The molecule has 6 nitrogen and oxygen atoms in total. The molecule has 0 heterocycles. The van der Waals surface area contributed by atoms with Crippen molar-refractivity contribution in [2.75, 3.05) is 6.61 Å². The van der Waals surface area contributed by atoms with Crippen molar-refractivity contribution in [1.29, 1.82) is 0 Å². The molecular weight excluding hydrogens is 297 g/mol. The Hall–Kier alpha value is -1.66. The predicted octanol–water partition coefficient (Wildman–Crippen LogP) is 2.30. The van der Waals surface area contributed by atoms with Gasteiger partial charge >= 0.3 is 11.0 Å². The predicted molar refractivity (Wildman–Crippen MR) is 68.0 cm³/mol. The van der Waals surface area contributed by atoms with Crippen molar-refractivity contribution in [3.05, 3.63) is 45.0 Å². The van der Waals surface area contributed by atoms with Gasteiger partial charge in [0, 0.05) is 10.6 Å². The third kappa shape index (κ3) is 3.02. The zero-order chi connectivity index (χ0) is 14.6. The van der Waals surface area contributed by atoms with Gasteiger partial charge < -0.3 is 4.74 Å². The summed E-state index contributed by atoms with van der Waals surface area (Å²) < 4.78 is 4.48. The Kier molecular flexibility index (Phi) is 4.85. The minimum absolute atomic E-state index is 0.107. The van der Waals surface area contributed by atoms with Gasteiger partial charge in [0.25, 0.3) is 5.78 Å². The molecule has 8 heteroatoms. The van der Waals surface area contributed by atoms with Crippen LogP contribution in [0.1, 0.15) is 17.3 Å². The van der Waals surface area contributed by atoms with Crippen molar-refractivity contribution in [2.24, 2.45) is 0 Å². The highest BCUT2D eigenvalue weighted by Gasteiger charge is 2.58. The van der Waals surface area contributed by atoms with Crippen LogP contribution in [0.5, 0.6) is 0 Å². The van der Waals surface area contributed by atoms with Gasteiger partial charge in [-0.3, -0.25) is 14.9 Å². The molecule has 1 aromatic carbocycles. The molecule has 0 radical (unpaired) electrons. The summed E-state index contributed by atoms with van der Waals surface area (Å²) in [6.45, 7) is 1.32. The van der Waals surface area contributed by atoms with E-state index in [1.807, 2.05) is 0 Å². The molecule has 1 atom stereocenters. The van der Waals surface area contributed by atoms with Gasteiger partial charge in [0.1, 0.15) is 0 Å². The summed E-state index contributed by atoms with van der Waals surface area (Å²) in [6.07, 6.45) is 0. The SMILES string of the molecule is CCOC(=O)C(Cl)(C(=O)c1ccc(Cl)cc1)[N+](=O)[O-]. The molecule has 0 saturated heterocycles. The summed E-state index contributed by atoms with van der Waals surface area (Å²) in [4.78, 5) is 30.3. The fourth-order valence-electron chi connectivity index (χ4n) is 1.27. The molecular formula is C11H9Cl2NO5. The Morgan fingerprint density at radius 3 is 2.32 bits per heavy atom. The molecule has 1 aromatic rings. The first kappa shape index (κ1) is 15.4. The van der Waals surface area contributed by atoms with Gasteiger partial charge in [-0.05, 0) is 42.8 Å². The Morgan fingerprint density at radius 1 is 1.37 bits per heavy atom. The average Bonchev–Trinajstić information content (AvgIpc) is 2.37.